The Kier molecular flexibility index (Phi) is 6.62. The van der Waals surface area contributed by atoms with Crippen LogP contribution in [0.25, 0.3) is 0 Å². The molecule has 4 heteroatoms. The van der Waals surface area contributed by atoms with Crippen molar-refractivity contribution in [2.45, 2.75) is 40.2 Å². The van der Waals surface area contributed by atoms with E-state index >= 15 is 0 Å². The minimum absolute atomic E-state index is 0.202. The fourth-order valence-corrected chi connectivity index (χ4v) is 3.00. The van der Waals surface area contributed by atoms with E-state index in [2.05, 4.69) is 49.6 Å². The summed E-state index contributed by atoms with van der Waals surface area (Å²) in [7, 11) is 0. The molecule has 2 N–H and O–H groups in total. The molecule has 0 bridgehead atoms. The van der Waals surface area contributed by atoms with E-state index in [1.807, 2.05) is 31.2 Å². The molecule has 0 fully saturated rings. The number of thiocarbonyl (C=S) groups is 1. The van der Waals surface area contributed by atoms with Gasteiger partial charge in [-0.1, -0.05) is 30.7 Å². The molecule has 2 aromatic carbocycles. The highest BCUT2D eigenvalue weighted by Crippen LogP contribution is 2.22. The lowest BCUT2D eigenvalue weighted by Gasteiger charge is -2.22. The zero-order valence-corrected chi connectivity index (χ0v) is 15.7. The number of aryl methyl sites for hydroxylation is 2. The van der Waals surface area contributed by atoms with Crippen LogP contribution in [0.2, 0.25) is 0 Å². The third kappa shape index (κ3) is 4.96. The summed E-state index contributed by atoms with van der Waals surface area (Å²) < 4.78 is 5.45. The average Bonchev–Trinajstić information content (AvgIpc) is 2.55. The van der Waals surface area contributed by atoms with Crippen LogP contribution in [-0.4, -0.2) is 11.7 Å². The van der Waals surface area contributed by atoms with Crippen LogP contribution in [0.15, 0.2) is 42.5 Å². The maximum absolute atomic E-state index is 5.48. The van der Waals surface area contributed by atoms with Crippen LogP contribution < -0.4 is 15.4 Å². The number of hydrogen-bond donors (Lipinski definition) is 2. The monoisotopic (exact) mass is 342 g/mol. The highest BCUT2D eigenvalue weighted by atomic mass is 32.1. The van der Waals surface area contributed by atoms with Crippen LogP contribution in [-0.2, 0) is 0 Å². The fraction of sp³-hybridized carbons (Fsp3) is 0.350. The molecule has 2 aromatic rings. The molecular weight excluding hydrogens is 316 g/mol. The number of benzene rings is 2. The number of hydrogen-bond acceptors (Lipinski definition) is 2. The molecule has 0 saturated carbocycles. The van der Waals surface area contributed by atoms with Crippen molar-refractivity contribution in [1.29, 1.82) is 0 Å². The predicted molar refractivity (Wildman–Crippen MR) is 106 cm³/mol. The van der Waals surface area contributed by atoms with E-state index in [0.29, 0.717) is 11.7 Å². The summed E-state index contributed by atoms with van der Waals surface area (Å²) in [6.45, 7) is 9.07. The van der Waals surface area contributed by atoms with Crippen molar-refractivity contribution < 1.29 is 4.74 Å². The summed E-state index contributed by atoms with van der Waals surface area (Å²) >= 11 is 5.48. The fourth-order valence-electron chi connectivity index (χ4n) is 2.74. The van der Waals surface area contributed by atoms with Gasteiger partial charge in [-0.3, -0.25) is 0 Å². The third-order valence-corrected chi connectivity index (χ3v) is 4.16. The quantitative estimate of drug-likeness (QED) is 0.712. The summed E-state index contributed by atoms with van der Waals surface area (Å²) in [6, 6.07) is 14.6. The summed E-state index contributed by atoms with van der Waals surface area (Å²) in [5.41, 5.74) is 4.81. The predicted octanol–water partition coefficient (Wildman–Crippen LogP) is 5.14. The van der Waals surface area contributed by atoms with Crippen LogP contribution in [0.3, 0.4) is 0 Å². The minimum Gasteiger partial charge on any atom is -0.494 e. The SMILES string of the molecule is CCOc1ccc(NC(=S)N[C@H](CC)c2ccc(C)cc2C)cc1. The Hall–Kier alpha value is -2.07. The Labute approximate surface area is 150 Å². The van der Waals surface area contributed by atoms with Gasteiger partial charge in [0, 0.05) is 5.69 Å². The van der Waals surface area contributed by atoms with Crippen molar-refractivity contribution in [2.24, 2.45) is 0 Å². The van der Waals surface area contributed by atoms with E-state index in [9.17, 15) is 0 Å². The van der Waals surface area contributed by atoms with Gasteiger partial charge in [-0.15, -0.1) is 0 Å². The molecule has 128 valence electrons. The molecule has 0 aromatic heterocycles. The standard InChI is InChI=1S/C20H26N2OS/c1-5-19(18-12-7-14(3)13-15(18)4)22-20(24)21-16-8-10-17(11-9-16)23-6-2/h7-13,19H,5-6H2,1-4H3,(H2,21,22,24)/t19-/m1/s1. The van der Waals surface area contributed by atoms with Crippen molar-refractivity contribution in [3.05, 3.63) is 59.2 Å². The first-order valence-corrected chi connectivity index (χ1v) is 8.81. The van der Waals surface area contributed by atoms with Crippen molar-refractivity contribution >= 4 is 23.0 Å². The van der Waals surface area contributed by atoms with Crippen molar-refractivity contribution in [3.8, 4) is 5.75 Å². The average molecular weight is 343 g/mol. The second kappa shape index (κ2) is 8.69. The normalized spacial score (nSPS) is 11.7. The van der Waals surface area contributed by atoms with Gasteiger partial charge in [0.25, 0.3) is 0 Å². The first kappa shape index (κ1) is 18.3. The van der Waals surface area contributed by atoms with E-state index in [1.54, 1.807) is 0 Å². The van der Waals surface area contributed by atoms with Crippen LogP contribution >= 0.6 is 12.2 Å². The van der Waals surface area contributed by atoms with Gasteiger partial charge in [0.1, 0.15) is 5.75 Å². The molecule has 0 heterocycles. The van der Waals surface area contributed by atoms with E-state index in [-0.39, 0.29) is 6.04 Å². The van der Waals surface area contributed by atoms with Crippen molar-refractivity contribution in [3.63, 3.8) is 0 Å². The maximum Gasteiger partial charge on any atom is 0.171 e. The highest BCUT2D eigenvalue weighted by Gasteiger charge is 2.13. The van der Waals surface area contributed by atoms with E-state index in [0.717, 1.165) is 17.9 Å². The van der Waals surface area contributed by atoms with Gasteiger partial charge in [0.2, 0.25) is 0 Å². The zero-order chi connectivity index (χ0) is 17.5. The molecule has 0 spiro atoms. The molecule has 0 saturated heterocycles. The third-order valence-electron chi connectivity index (χ3n) is 3.94. The summed E-state index contributed by atoms with van der Waals surface area (Å²) in [6.07, 6.45) is 0.967. The number of rotatable bonds is 6. The van der Waals surface area contributed by atoms with Gasteiger partial charge in [-0.05, 0) is 74.8 Å². The summed E-state index contributed by atoms with van der Waals surface area (Å²) in [5, 5.41) is 7.29. The lowest BCUT2D eigenvalue weighted by molar-refractivity contribution is 0.340. The Morgan fingerprint density at radius 1 is 1.08 bits per heavy atom. The molecule has 0 aliphatic heterocycles. The lowest BCUT2D eigenvalue weighted by Crippen LogP contribution is -2.32. The first-order chi connectivity index (χ1) is 11.5. The molecule has 0 amide bonds. The van der Waals surface area contributed by atoms with Gasteiger partial charge in [0.15, 0.2) is 5.11 Å². The van der Waals surface area contributed by atoms with Gasteiger partial charge in [-0.25, -0.2) is 0 Å². The number of nitrogens with one attached hydrogen (secondary N) is 2. The van der Waals surface area contributed by atoms with Crippen LogP contribution in [0.1, 0.15) is 43.0 Å². The summed E-state index contributed by atoms with van der Waals surface area (Å²) in [4.78, 5) is 0. The van der Waals surface area contributed by atoms with Crippen molar-refractivity contribution in [2.75, 3.05) is 11.9 Å². The second-order valence-corrected chi connectivity index (χ2v) is 6.28. The first-order valence-electron chi connectivity index (χ1n) is 8.41. The number of anilines is 1. The Morgan fingerprint density at radius 3 is 2.38 bits per heavy atom. The Balaban J connectivity index is 2.01. The molecule has 0 radical (unpaired) electrons. The molecule has 1 atom stereocenters. The largest absolute Gasteiger partial charge is 0.494 e. The van der Waals surface area contributed by atoms with E-state index in [4.69, 9.17) is 17.0 Å². The van der Waals surface area contributed by atoms with Crippen molar-refractivity contribution in [1.82, 2.24) is 5.32 Å². The highest BCUT2D eigenvalue weighted by molar-refractivity contribution is 7.80. The molecular formula is C20H26N2OS. The van der Waals surface area contributed by atoms with Gasteiger partial charge in [0.05, 0.1) is 12.6 Å². The number of ether oxygens (including phenoxy) is 1. The molecule has 24 heavy (non-hydrogen) atoms. The Bertz CT molecular complexity index is 683. The van der Waals surface area contributed by atoms with Gasteiger partial charge >= 0.3 is 0 Å². The van der Waals surface area contributed by atoms with Crippen LogP contribution in [0.5, 0.6) is 5.75 Å². The van der Waals surface area contributed by atoms with Crippen LogP contribution in [0, 0.1) is 13.8 Å². The van der Waals surface area contributed by atoms with E-state index in [1.165, 1.54) is 16.7 Å². The van der Waals surface area contributed by atoms with Crippen LogP contribution in [0.4, 0.5) is 5.69 Å². The molecule has 0 unspecified atom stereocenters. The molecule has 0 aliphatic carbocycles. The second-order valence-electron chi connectivity index (χ2n) is 5.88. The van der Waals surface area contributed by atoms with Gasteiger partial charge < -0.3 is 15.4 Å². The molecule has 0 aliphatic rings. The topological polar surface area (TPSA) is 33.3 Å². The molecule has 3 nitrogen and oxygen atoms in total. The zero-order valence-electron chi connectivity index (χ0n) is 14.8. The Morgan fingerprint density at radius 2 is 1.79 bits per heavy atom. The van der Waals surface area contributed by atoms with Gasteiger partial charge in [-0.2, -0.15) is 0 Å². The smallest absolute Gasteiger partial charge is 0.171 e. The molecule has 2 rings (SSSR count). The minimum atomic E-state index is 0.202. The summed E-state index contributed by atoms with van der Waals surface area (Å²) in [5.74, 6) is 0.864. The van der Waals surface area contributed by atoms with E-state index < -0.39 is 0 Å². The lowest BCUT2D eigenvalue weighted by atomic mass is 9.98. The maximum atomic E-state index is 5.48.